The maximum Gasteiger partial charge on any atom is 0.243 e. The van der Waals surface area contributed by atoms with E-state index in [1.807, 2.05) is 20.8 Å². The minimum Gasteiger partial charge on any atom is -0.338 e. The molecule has 7 heteroatoms. The Labute approximate surface area is 129 Å². The van der Waals surface area contributed by atoms with Crippen molar-refractivity contribution in [2.45, 2.75) is 46.8 Å². The molecule has 7 nitrogen and oxygen atoms in total. The third kappa shape index (κ3) is 2.64. The Morgan fingerprint density at radius 2 is 2.14 bits per heavy atom. The number of imidazole rings is 1. The van der Waals surface area contributed by atoms with Crippen LogP contribution in [0.5, 0.6) is 0 Å². The summed E-state index contributed by atoms with van der Waals surface area (Å²) in [5.74, 6) is 1.32. The van der Waals surface area contributed by atoms with Crippen molar-refractivity contribution < 1.29 is 9.32 Å². The van der Waals surface area contributed by atoms with Crippen molar-refractivity contribution in [3.05, 3.63) is 29.0 Å². The van der Waals surface area contributed by atoms with E-state index in [4.69, 9.17) is 4.52 Å². The lowest BCUT2D eigenvalue weighted by atomic mass is 10.2. The third-order valence-electron chi connectivity index (χ3n) is 4.29. The summed E-state index contributed by atoms with van der Waals surface area (Å²) in [7, 11) is 0. The maximum atomic E-state index is 12.3. The molecule has 0 aromatic carbocycles. The number of hydrogen-bond donors (Lipinski definition) is 1. The molecule has 2 aromatic heterocycles. The van der Waals surface area contributed by atoms with Gasteiger partial charge in [-0.15, -0.1) is 0 Å². The van der Waals surface area contributed by atoms with Gasteiger partial charge in [-0.3, -0.25) is 15.0 Å². The molecule has 0 aliphatic carbocycles. The molecule has 118 valence electrons. The van der Waals surface area contributed by atoms with Gasteiger partial charge in [-0.1, -0.05) is 5.16 Å². The van der Waals surface area contributed by atoms with Crippen molar-refractivity contribution in [3.8, 4) is 0 Å². The SMILES string of the molecule is Cc1cc(NC(=O)C(C)N2CCn3c(nc(C)c3C)C2)on1. The lowest BCUT2D eigenvalue weighted by Gasteiger charge is -2.32. The molecule has 3 heterocycles. The quantitative estimate of drug-likeness (QED) is 0.933. The summed E-state index contributed by atoms with van der Waals surface area (Å²) in [5.41, 5.74) is 3.02. The molecule has 0 spiro atoms. The normalized spacial score (nSPS) is 16.4. The summed E-state index contributed by atoms with van der Waals surface area (Å²) in [4.78, 5) is 19.1. The molecule has 3 rings (SSSR count). The molecule has 0 radical (unpaired) electrons. The molecule has 1 aliphatic heterocycles. The van der Waals surface area contributed by atoms with Crippen molar-refractivity contribution in [2.24, 2.45) is 0 Å². The Morgan fingerprint density at radius 3 is 2.82 bits per heavy atom. The Morgan fingerprint density at radius 1 is 1.36 bits per heavy atom. The largest absolute Gasteiger partial charge is 0.338 e. The van der Waals surface area contributed by atoms with Gasteiger partial charge in [-0.25, -0.2) is 4.98 Å². The highest BCUT2D eigenvalue weighted by molar-refractivity contribution is 5.93. The van der Waals surface area contributed by atoms with Crippen molar-refractivity contribution in [3.63, 3.8) is 0 Å². The van der Waals surface area contributed by atoms with Gasteiger partial charge >= 0.3 is 0 Å². The zero-order valence-electron chi connectivity index (χ0n) is 13.4. The lowest BCUT2D eigenvalue weighted by Crippen LogP contribution is -2.45. The molecule has 1 N–H and O–H groups in total. The van der Waals surface area contributed by atoms with E-state index < -0.39 is 0 Å². The van der Waals surface area contributed by atoms with Gasteiger partial charge in [0.05, 0.1) is 24.0 Å². The number of aromatic nitrogens is 3. The zero-order chi connectivity index (χ0) is 15.9. The molecule has 0 saturated carbocycles. The predicted octanol–water partition coefficient (Wildman–Crippen LogP) is 1.64. The second-order valence-corrected chi connectivity index (χ2v) is 5.82. The summed E-state index contributed by atoms with van der Waals surface area (Å²) >= 11 is 0. The van der Waals surface area contributed by atoms with E-state index in [2.05, 4.69) is 31.8 Å². The van der Waals surface area contributed by atoms with Crippen LogP contribution in [0.15, 0.2) is 10.6 Å². The minimum absolute atomic E-state index is 0.0930. The molecule has 1 atom stereocenters. The van der Waals surface area contributed by atoms with Crippen molar-refractivity contribution in [2.75, 3.05) is 11.9 Å². The van der Waals surface area contributed by atoms with Crippen molar-refractivity contribution in [1.82, 2.24) is 19.6 Å². The highest BCUT2D eigenvalue weighted by atomic mass is 16.5. The molecule has 0 bridgehead atoms. The number of carbonyl (C=O) groups is 1. The third-order valence-corrected chi connectivity index (χ3v) is 4.29. The highest BCUT2D eigenvalue weighted by Gasteiger charge is 2.27. The first-order valence-electron chi connectivity index (χ1n) is 7.46. The summed E-state index contributed by atoms with van der Waals surface area (Å²) in [6, 6.07) is 1.46. The first kappa shape index (κ1) is 14.8. The van der Waals surface area contributed by atoms with E-state index in [9.17, 15) is 4.79 Å². The fourth-order valence-corrected chi connectivity index (χ4v) is 2.78. The van der Waals surface area contributed by atoms with Crippen LogP contribution in [0.1, 0.15) is 29.8 Å². The Balaban J connectivity index is 1.68. The van der Waals surface area contributed by atoms with Crippen LogP contribution < -0.4 is 5.32 Å². The second kappa shape index (κ2) is 5.57. The average molecular weight is 303 g/mol. The van der Waals surface area contributed by atoms with Gasteiger partial charge in [0.15, 0.2) is 0 Å². The number of aryl methyl sites for hydroxylation is 2. The fraction of sp³-hybridized carbons (Fsp3) is 0.533. The van der Waals surface area contributed by atoms with Crippen LogP contribution in [0.4, 0.5) is 5.88 Å². The number of rotatable bonds is 3. The lowest BCUT2D eigenvalue weighted by molar-refractivity contribution is -0.121. The van der Waals surface area contributed by atoms with Crippen LogP contribution in [-0.2, 0) is 17.9 Å². The van der Waals surface area contributed by atoms with E-state index in [0.717, 1.165) is 30.3 Å². The molecule has 1 unspecified atom stereocenters. The van der Waals surface area contributed by atoms with E-state index in [1.54, 1.807) is 6.07 Å². The van der Waals surface area contributed by atoms with E-state index in [-0.39, 0.29) is 11.9 Å². The van der Waals surface area contributed by atoms with Crippen molar-refractivity contribution in [1.29, 1.82) is 0 Å². The van der Waals surface area contributed by atoms with E-state index >= 15 is 0 Å². The summed E-state index contributed by atoms with van der Waals surface area (Å²) in [6.07, 6.45) is 0. The highest BCUT2D eigenvalue weighted by Crippen LogP contribution is 2.19. The van der Waals surface area contributed by atoms with E-state index in [0.29, 0.717) is 12.4 Å². The second-order valence-electron chi connectivity index (χ2n) is 5.82. The molecular formula is C15H21N5O2. The number of carbonyl (C=O) groups excluding carboxylic acids is 1. The Kier molecular flexibility index (Phi) is 3.74. The van der Waals surface area contributed by atoms with Gasteiger partial charge in [0.2, 0.25) is 11.8 Å². The average Bonchev–Trinajstić information content (AvgIpc) is 3.02. The van der Waals surface area contributed by atoms with Gasteiger partial charge in [0.25, 0.3) is 0 Å². The van der Waals surface area contributed by atoms with E-state index in [1.165, 1.54) is 5.69 Å². The predicted molar refractivity (Wildman–Crippen MR) is 81.4 cm³/mol. The molecule has 0 fully saturated rings. The van der Waals surface area contributed by atoms with Gasteiger partial charge in [0.1, 0.15) is 5.82 Å². The maximum absolute atomic E-state index is 12.3. The van der Waals surface area contributed by atoms with Gasteiger partial charge in [-0.2, -0.15) is 0 Å². The monoisotopic (exact) mass is 303 g/mol. The first-order chi connectivity index (χ1) is 10.5. The number of amides is 1. The summed E-state index contributed by atoms with van der Waals surface area (Å²) in [6.45, 7) is 10.2. The summed E-state index contributed by atoms with van der Waals surface area (Å²) in [5, 5.41) is 6.53. The topological polar surface area (TPSA) is 76.2 Å². The number of nitrogens with one attached hydrogen (secondary N) is 1. The first-order valence-corrected chi connectivity index (χ1v) is 7.46. The van der Waals surface area contributed by atoms with Crippen LogP contribution in [0.2, 0.25) is 0 Å². The van der Waals surface area contributed by atoms with Crippen LogP contribution >= 0.6 is 0 Å². The van der Waals surface area contributed by atoms with Gasteiger partial charge in [0, 0.05) is 24.8 Å². The molecule has 1 amide bonds. The van der Waals surface area contributed by atoms with Crippen molar-refractivity contribution >= 4 is 11.8 Å². The number of nitrogens with zero attached hydrogens (tertiary/aromatic N) is 4. The number of fused-ring (bicyclic) bond motifs is 1. The fourth-order valence-electron chi connectivity index (χ4n) is 2.78. The smallest absolute Gasteiger partial charge is 0.243 e. The molecular weight excluding hydrogens is 282 g/mol. The number of anilines is 1. The summed E-state index contributed by atoms with van der Waals surface area (Å²) < 4.78 is 7.26. The van der Waals surface area contributed by atoms with Crippen LogP contribution in [0, 0.1) is 20.8 Å². The number of hydrogen-bond acceptors (Lipinski definition) is 5. The van der Waals surface area contributed by atoms with Crippen LogP contribution in [0.3, 0.4) is 0 Å². The molecule has 22 heavy (non-hydrogen) atoms. The minimum atomic E-state index is -0.253. The Bertz CT molecular complexity index is 703. The van der Waals surface area contributed by atoms with Gasteiger partial charge < -0.3 is 9.09 Å². The van der Waals surface area contributed by atoms with Gasteiger partial charge in [-0.05, 0) is 27.7 Å². The Hall–Kier alpha value is -2.15. The molecule has 0 saturated heterocycles. The van der Waals surface area contributed by atoms with Crippen LogP contribution in [0.25, 0.3) is 0 Å². The zero-order valence-corrected chi connectivity index (χ0v) is 13.4. The van der Waals surface area contributed by atoms with Crippen LogP contribution in [-0.4, -0.2) is 38.1 Å². The molecule has 1 aliphatic rings. The standard InChI is InChI=1S/C15H21N5O2/c1-9-7-14(22-18-9)17-15(21)12(4)19-5-6-20-11(3)10(2)16-13(20)8-19/h7,12H,5-6,8H2,1-4H3,(H,17,21). The molecule has 2 aromatic rings.